The van der Waals surface area contributed by atoms with E-state index in [0.717, 1.165) is 33.6 Å². The van der Waals surface area contributed by atoms with E-state index >= 15 is 0 Å². The molecule has 3 aromatic carbocycles. The minimum absolute atomic E-state index is 0.0632. The molecule has 3 aromatic rings. The van der Waals surface area contributed by atoms with Crippen molar-refractivity contribution in [3.8, 4) is 0 Å². The average molecular weight is 456 g/mol. The number of rotatable bonds is 5. The Morgan fingerprint density at radius 3 is 2.29 bits per heavy atom. The Bertz CT molecular complexity index is 1260. The molecule has 4 rings (SSSR count). The van der Waals surface area contributed by atoms with Crippen LogP contribution in [0.2, 0.25) is 0 Å². The molecule has 1 saturated heterocycles. The molecule has 1 fully saturated rings. The van der Waals surface area contributed by atoms with Gasteiger partial charge in [-0.3, -0.25) is 14.4 Å². The zero-order valence-electron chi connectivity index (χ0n) is 19.9. The van der Waals surface area contributed by atoms with Gasteiger partial charge < -0.3 is 15.5 Å². The van der Waals surface area contributed by atoms with Gasteiger partial charge in [0.25, 0.3) is 5.91 Å². The summed E-state index contributed by atoms with van der Waals surface area (Å²) in [6.45, 7) is 8.27. The van der Waals surface area contributed by atoms with Crippen molar-refractivity contribution in [2.45, 2.75) is 34.1 Å². The molecule has 0 radical (unpaired) electrons. The molecule has 0 saturated carbocycles. The maximum atomic E-state index is 12.9. The van der Waals surface area contributed by atoms with Crippen LogP contribution in [0.15, 0.2) is 60.7 Å². The van der Waals surface area contributed by atoms with E-state index in [4.69, 9.17) is 0 Å². The third kappa shape index (κ3) is 5.17. The summed E-state index contributed by atoms with van der Waals surface area (Å²) in [6, 6.07) is 18.6. The van der Waals surface area contributed by atoms with Gasteiger partial charge in [-0.15, -0.1) is 0 Å². The van der Waals surface area contributed by atoms with E-state index in [-0.39, 0.29) is 24.1 Å². The smallest absolute Gasteiger partial charge is 0.255 e. The summed E-state index contributed by atoms with van der Waals surface area (Å²) in [4.78, 5) is 40.0. The standard InChI is InChI=1S/C28H29N3O3/c1-17-8-9-25(20(4)11-17)30-27(33)21-6-5-7-23(14-21)29-28(34)22-15-26(32)31(16-22)24-12-18(2)10-19(3)13-24/h5-14,22H,15-16H2,1-4H3,(H,29,34)(H,30,33)/t22-/m1/s1. The van der Waals surface area contributed by atoms with Crippen LogP contribution < -0.4 is 15.5 Å². The summed E-state index contributed by atoms with van der Waals surface area (Å²) < 4.78 is 0. The van der Waals surface area contributed by atoms with Gasteiger partial charge in [0.2, 0.25) is 11.8 Å². The first kappa shape index (κ1) is 23.2. The van der Waals surface area contributed by atoms with Gasteiger partial charge in [0.15, 0.2) is 0 Å². The predicted molar refractivity (Wildman–Crippen MR) is 135 cm³/mol. The normalized spacial score (nSPS) is 15.4. The number of hydrogen-bond donors (Lipinski definition) is 2. The first-order valence-corrected chi connectivity index (χ1v) is 11.4. The monoisotopic (exact) mass is 455 g/mol. The van der Waals surface area contributed by atoms with Crippen molar-refractivity contribution in [1.82, 2.24) is 0 Å². The highest BCUT2D eigenvalue weighted by Gasteiger charge is 2.35. The van der Waals surface area contributed by atoms with Crippen LogP contribution >= 0.6 is 0 Å². The number of amides is 3. The SMILES string of the molecule is Cc1cc(C)cc(N2C[C@H](C(=O)Nc3cccc(C(=O)Nc4ccc(C)cc4C)c3)CC2=O)c1. The quantitative estimate of drug-likeness (QED) is 0.558. The summed E-state index contributed by atoms with van der Waals surface area (Å²) in [5, 5.41) is 5.80. The van der Waals surface area contributed by atoms with Crippen molar-refractivity contribution in [2.75, 3.05) is 22.1 Å². The van der Waals surface area contributed by atoms with Crippen molar-refractivity contribution in [2.24, 2.45) is 5.92 Å². The lowest BCUT2D eigenvalue weighted by Gasteiger charge is -2.18. The number of aryl methyl sites for hydroxylation is 4. The van der Waals surface area contributed by atoms with Gasteiger partial charge in [-0.2, -0.15) is 0 Å². The molecule has 0 spiro atoms. The van der Waals surface area contributed by atoms with Gasteiger partial charge in [-0.1, -0.05) is 29.8 Å². The van der Waals surface area contributed by atoms with Gasteiger partial charge >= 0.3 is 0 Å². The van der Waals surface area contributed by atoms with Crippen LogP contribution in [-0.4, -0.2) is 24.3 Å². The topological polar surface area (TPSA) is 78.5 Å². The van der Waals surface area contributed by atoms with E-state index < -0.39 is 5.92 Å². The number of hydrogen-bond acceptors (Lipinski definition) is 3. The third-order valence-corrected chi connectivity index (χ3v) is 6.04. The molecule has 6 nitrogen and oxygen atoms in total. The van der Waals surface area contributed by atoms with E-state index in [1.165, 1.54) is 0 Å². The fraction of sp³-hybridized carbons (Fsp3) is 0.250. The zero-order chi connectivity index (χ0) is 24.4. The number of benzene rings is 3. The molecule has 0 unspecified atom stereocenters. The Balaban J connectivity index is 1.43. The van der Waals surface area contributed by atoms with Crippen molar-refractivity contribution in [1.29, 1.82) is 0 Å². The Kier molecular flexibility index (Phi) is 6.50. The van der Waals surface area contributed by atoms with E-state index in [2.05, 4.69) is 16.7 Å². The minimum Gasteiger partial charge on any atom is -0.326 e. The van der Waals surface area contributed by atoms with Gasteiger partial charge in [0, 0.05) is 35.6 Å². The fourth-order valence-corrected chi connectivity index (χ4v) is 4.37. The molecule has 3 amide bonds. The molecule has 1 aliphatic heterocycles. The Morgan fingerprint density at radius 2 is 1.59 bits per heavy atom. The van der Waals surface area contributed by atoms with E-state index in [9.17, 15) is 14.4 Å². The van der Waals surface area contributed by atoms with Crippen molar-refractivity contribution < 1.29 is 14.4 Å². The maximum absolute atomic E-state index is 12.9. The van der Waals surface area contributed by atoms with Crippen LogP contribution in [0.25, 0.3) is 0 Å². The molecule has 1 atom stereocenters. The van der Waals surface area contributed by atoms with Crippen LogP contribution in [0.4, 0.5) is 17.1 Å². The molecular formula is C28H29N3O3. The summed E-state index contributed by atoms with van der Waals surface area (Å²) in [5.41, 5.74) is 6.80. The maximum Gasteiger partial charge on any atom is 0.255 e. The molecule has 0 aliphatic carbocycles. The van der Waals surface area contributed by atoms with Gasteiger partial charge in [0.1, 0.15) is 0 Å². The lowest BCUT2D eigenvalue weighted by molar-refractivity contribution is -0.122. The summed E-state index contributed by atoms with van der Waals surface area (Å²) in [5.74, 6) is -1.000. The second kappa shape index (κ2) is 9.51. The molecule has 1 heterocycles. The summed E-state index contributed by atoms with van der Waals surface area (Å²) >= 11 is 0. The largest absolute Gasteiger partial charge is 0.326 e. The molecule has 2 N–H and O–H groups in total. The van der Waals surface area contributed by atoms with E-state index in [1.54, 1.807) is 29.2 Å². The zero-order valence-corrected chi connectivity index (χ0v) is 19.9. The first-order valence-electron chi connectivity index (χ1n) is 11.4. The van der Waals surface area contributed by atoms with Gasteiger partial charge in [-0.05, 0) is 80.8 Å². The second-order valence-electron chi connectivity index (χ2n) is 9.09. The minimum atomic E-state index is -0.457. The van der Waals surface area contributed by atoms with E-state index in [0.29, 0.717) is 17.8 Å². The first-order chi connectivity index (χ1) is 16.2. The lowest BCUT2D eigenvalue weighted by Crippen LogP contribution is -2.28. The third-order valence-electron chi connectivity index (χ3n) is 6.04. The van der Waals surface area contributed by atoms with Crippen molar-refractivity contribution in [3.63, 3.8) is 0 Å². The van der Waals surface area contributed by atoms with Crippen LogP contribution in [0.5, 0.6) is 0 Å². The molecular weight excluding hydrogens is 426 g/mol. The van der Waals surface area contributed by atoms with Crippen molar-refractivity contribution >= 4 is 34.8 Å². The Hall–Kier alpha value is -3.93. The van der Waals surface area contributed by atoms with Gasteiger partial charge in [0.05, 0.1) is 5.92 Å². The van der Waals surface area contributed by atoms with E-state index in [1.807, 2.05) is 58.0 Å². The average Bonchev–Trinajstić information content (AvgIpc) is 3.17. The molecule has 1 aliphatic rings. The highest BCUT2D eigenvalue weighted by Crippen LogP contribution is 2.28. The Labute approximate surface area is 200 Å². The number of carbonyl (C=O) groups is 3. The van der Waals surface area contributed by atoms with Crippen LogP contribution in [0.1, 0.15) is 39.0 Å². The summed E-state index contributed by atoms with van der Waals surface area (Å²) in [6.07, 6.45) is 0.158. The summed E-state index contributed by atoms with van der Waals surface area (Å²) in [7, 11) is 0. The highest BCUT2D eigenvalue weighted by molar-refractivity contribution is 6.07. The molecule has 0 aromatic heterocycles. The predicted octanol–water partition coefficient (Wildman–Crippen LogP) is 5.16. The molecule has 174 valence electrons. The van der Waals surface area contributed by atoms with Crippen LogP contribution in [-0.2, 0) is 9.59 Å². The van der Waals surface area contributed by atoms with Gasteiger partial charge in [-0.25, -0.2) is 0 Å². The number of nitrogens with one attached hydrogen (secondary N) is 2. The number of nitrogens with zero attached hydrogens (tertiary/aromatic N) is 1. The lowest BCUT2D eigenvalue weighted by atomic mass is 10.1. The highest BCUT2D eigenvalue weighted by atomic mass is 16.2. The fourth-order valence-electron chi connectivity index (χ4n) is 4.37. The molecule has 34 heavy (non-hydrogen) atoms. The van der Waals surface area contributed by atoms with Crippen molar-refractivity contribution in [3.05, 3.63) is 88.5 Å². The molecule has 0 bridgehead atoms. The molecule has 6 heteroatoms. The van der Waals surface area contributed by atoms with Crippen LogP contribution in [0.3, 0.4) is 0 Å². The number of carbonyl (C=O) groups excluding carboxylic acids is 3. The van der Waals surface area contributed by atoms with Crippen LogP contribution in [0, 0.1) is 33.6 Å². The second-order valence-corrected chi connectivity index (χ2v) is 9.09. The number of anilines is 3. The Morgan fingerprint density at radius 1 is 0.853 bits per heavy atom.